The summed E-state index contributed by atoms with van der Waals surface area (Å²) in [6.07, 6.45) is 3.50. The lowest BCUT2D eigenvalue weighted by atomic mass is 10.1. The van der Waals surface area contributed by atoms with E-state index in [0.29, 0.717) is 17.1 Å². The van der Waals surface area contributed by atoms with Crippen LogP contribution in [0.3, 0.4) is 0 Å². The van der Waals surface area contributed by atoms with Crippen molar-refractivity contribution in [1.82, 2.24) is 35.3 Å². The second-order valence-electron chi connectivity index (χ2n) is 8.80. The number of pyridine rings is 1. The highest BCUT2D eigenvalue weighted by atomic mass is 19.1. The van der Waals surface area contributed by atoms with Crippen molar-refractivity contribution in [3.05, 3.63) is 65.5 Å². The Bertz CT molecular complexity index is 1630. The second-order valence-corrected chi connectivity index (χ2v) is 8.80. The summed E-state index contributed by atoms with van der Waals surface area (Å²) in [5, 5.41) is 17.9. The van der Waals surface area contributed by atoms with Crippen LogP contribution in [0.5, 0.6) is 5.75 Å². The van der Waals surface area contributed by atoms with Gasteiger partial charge in [0.1, 0.15) is 23.7 Å². The number of hydrogen-bond donors (Lipinski definition) is 2. The van der Waals surface area contributed by atoms with Gasteiger partial charge in [-0.1, -0.05) is 6.07 Å². The zero-order chi connectivity index (χ0) is 28.7. The zero-order valence-corrected chi connectivity index (χ0v) is 20.2. The van der Waals surface area contributed by atoms with E-state index in [9.17, 15) is 9.18 Å². The Morgan fingerprint density at radius 1 is 1.18 bits per heavy atom. The minimum absolute atomic E-state index is 0.0164. The number of carbonyl (C=O) groups excluding carboxylic acids is 1. The predicted molar refractivity (Wildman–Crippen MR) is 134 cm³/mol. The molecule has 0 unspecified atom stereocenters. The number of methoxy groups -OCH3 is 1. The first-order valence-corrected chi connectivity index (χ1v) is 11.8. The monoisotopic (exact) mass is 520 g/mol. The molecular weight excluding hydrogens is 493 g/mol. The van der Waals surface area contributed by atoms with Gasteiger partial charge in [-0.15, -0.1) is 15.3 Å². The van der Waals surface area contributed by atoms with Crippen molar-refractivity contribution in [1.29, 1.82) is 0 Å². The van der Waals surface area contributed by atoms with E-state index < -0.39 is 18.7 Å². The normalized spacial score (nSPS) is 16.4. The van der Waals surface area contributed by atoms with Gasteiger partial charge in [-0.05, 0) is 36.6 Å². The third-order valence-electron chi connectivity index (χ3n) is 6.07. The van der Waals surface area contributed by atoms with Gasteiger partial charge in [0.25, 0.3) is 11.9 Å². The van der Waals surface area contributed by atoms with E-state index in [2.05, 4.69) is 30.6 Å². The van der Waals surface area contributed by atoms with Crippen molar-refractivity contribution in [3.8, 4) is 5.75 Å². The summed E-state index contributed by atoms with van der Waals surface area (Å²) in [7, 11) is 1.49. The van der Waals surface area contributed by atoms with Gasteiger partial charge in [0.05, 0.1) is 43.4 Å². The quantitative estimate of drug-likeness (QED) is 0.412. The molecule has 1 fully saturated rings. The second kappa shape index (κ2) is 9.67. The van der Waals surface area contributed by atoms with Crippen LogP contribution in [-0.2, 0) is 18.0 Å². The molecule has 1 aliphatic heterocycles. The van der Waals surface area contributed by atoms with Gasteiger partial charge < -0.3 is 20.1 Å². The maximum Gasteiger partial charge on any atom is 0.273 e. The maximum absolute atomic E-state index is 14.9. The van der Waals surface area contributed by atoms with Crippen molar-refractivity contribution in [2.24, 2.45) is 0 Å². The lowest BCUT2D eigenvalue weighted by Crippen LogP contribution is -2.23. The van der Waals surface area contributed by atoms with Crippen molar-refractivity contribution in [2.75, 3.05) is 24.3 Å². The SMILES string of the molecule is [2H]C([2H])([2H])NC(=O)c1nnc2cc1Nc1cc(ccc1OC)COCc1cc(F)cc(n1)N2c1ncn(C2CC2)n1. The fourth-order valence-electron chi connectivity index (χ4n) is 4.10. The van der Waals surface area contributed by atoms with Gasteiger partial charge >= 0.3 is 0 Å². The zero-order valence-electron chi connectivity index (χ0n) is 23.2. The Labute approximate surface area is 221 Å². The molecule has 4 aromatic rings. The van der Waals surface area contributed by atoms with Gasteiger partial charge in [0.15, 0.2) is 11.5 Å². The van der Waals surface area contributed by atoms with E-state index >= 15 is 0 Å². The van der Waals surface area contributed by atoms with Crippen molar-refractivity contribution in [3.63, 3.8) is 0 Å². The molecule has 3 aromatic heterocycles. The van der Waals surface area contributed by atoms with Crippen LogP contribution in [0.15, 0.2) is 42.7 Å². The number of anilines is 5. The third kappa shape index (κ3) is 4.59. The predicted octanol–water partition coefficient (Wildman–Crippen LogP) is 3.55. The largest absolute Gasteiger partial charge is 0.495 e. The summed E-state index contributed by atoms with van der Waals surface area (Å²) in [6.45, 7) is -2.59. The number of benzene rings is 1. The Morgan fingerprint density at radius 2 is 2.08 bits per heavy atom. The van der Waals surface area contributed by atoms with Crippen LogP contribution in [0, 0.1) is 5.82 Å². The van der Waals surface area contributed by atoms with Crippen LogP contribution >= 0.6 is 0 Å². The van der Waals surface area contributed by atoms with E-state index in [1.165, 1.54) is 30.2 Å². The molecule has 0 saturated heterocycles. The van der Waals surface area contributed by atoms with Gasteiger partial charge in [-0.25, -0.2) is 19.0 Å². The number of aromatic nitrogens is 6. The van der Waals surface area contributed by atoms with Crippen molar-refractivity contribution in [2.45, 2.75) is 32.1 Å². The third-order valence-corrected chi connectivity index (χ3v) is 6.07. The van der Waals surface area contributed by atoms with Crippen LogP contribution < -0.4 is 20.3 Å². The van der Waals surface area contributed by atoms with E-state index in [4.69, 9.17) is 13.6 Å². The summed E-state index contributed by atoms with van der Waals surface area (Å²) in [4.78, 5) is 23.4. The molecule has 0 atom stereocenters. The minimum Gasteiger partial charge on any atom is -0.495 e. The molecule has 4 heterocycles. The summed E-state index contributed by atoms with van der Waals surface area (Å²) in [5.74, 6) is -0.779. The summed E-state index contributed by atoms with van der Waals surface area (Å²) >= 11 is 0. The molecule has 6 bridgehead atoms. The molecule has 13 heteroatoms. The van der Waals surface area contributed by atoms with Crippen LogP contribution in [0.1, 0.15) is 44.7 Å². The molecule has 1 amide bonds. The number of nitrogens with zero attached hydrogens (tertiary/aromatic N) is 7. The molecule has 0 radical (unpaired) electrons. The van der Waals surface area contributed by atoms with Crippen LogP contribution in [-0.4, -0.2) is 49.9 Å². The highest BCUT2D eigenvalue weighted by Crippen LogP contribution is 2.38. The van der Waals surface area contributed by atoms with E-state index in [-0.39, 0.29) is 48.2 Å². The molecule has 1 saturated carbocycles. The van der Waals surface area contributed by atoms with Crippen molar-refractivity contribution < 1.29 is 22.8 Å². The topological polar surface area (TPSA) is 132 Å². The molecule has 0 spiro atoms. The molecular formula is C25H24FN9O3. The molecule has 12 nitrogen and oxygen atoms in total. The number of amides is 1. The number of carbonyl (C=O) groups is 1. The van der Waals surface area contributed by atoms with Crippen LogP contribution in [0.4, 0.5) is 33.3 Å². The summed E-state index contributed by atoms with van der Waals surface area (Å²) in [5.41, 5.74) is 1.31. The first-order chi connectivity index (χ1) is 19.7. The number of fused-ring (bicyclic) bond motifs is 6. The van der Waals surface area contributed by atoms with Gasteiger partial charge in [-0.3, -0.25) is 4.79 Å². The number of ether oxygens (including phenoxy) is 2. The van der Waals surface area contributed by atoms with E-state index in [1.807, 2.05) is 5.32 Å². The van der Waals surface area contributed by atoms with Gasteiger partial charge in [-0.2, -0.15) is 4.98 Å². The average molecular weight is 521 g/mol. The maximum atomic E-state index is 14.9. The van der Waals surface area contributed by atoms with Gasteiger partial charge in [0, 0.05) is 23.2 Å². The van der Waals surface area contributed by atoms with Crippen LogP contribution in [0.2, 0.25) is 0 Å². The van der Waals surface area contributed by atoms with E-state index in [1.54, 1.807) is 29.2 Å². The lowest BCUT2D eigenvalue weighted by Gasteiger charge is -2.22. The highest BCUT2D eigenvalue weighted by molar-refractivity contribution is 5.98. The molecule has 2 aliphatic rings. The molecule has 1 aromatic carbocycles. The Kier molecular flexibility index (Phi) is 5.19. The van der Waals surface area contributed by atoms with Gasteiger partial charge in [0.2, 0.25) is 0 Å². The Balaban J connectivity index is 1.55. The number of nitrogens with one attached hydrogen (secondary N) is 2. The molecule has 1 aliphatic carbocycles. The fraction of sp³-hybridized carbons (Fsp3) is 0.280. The molecule has 38 heavy (non-hydrogen) atoms. The molecule has 194 valence electrons. The van der Waals surface area contributed by atoms with Crippen LogP contribution in [0.25, 0.3) is 0 Å². The molecule has 6 rings (SSSR count). The molecule has 2 N–H and O–H groups in total. The Morgan fingerprint density at radius 3 is 2.89 bits per heavy atom. The summed E-state index contributed by atoms with van der Waals surface area (Å²) in [6, 6.07) is 9.39. The average Bonchev–Trinajstić information content (AvgIpc) is 3.65. The smallest absolute Gasteiger partial charge is 0.273 e. The van der Waals surface area contributed by atoms with Crippen molar-refractivity contribution >= 4 is 34.9 Å². The first kappa shape index (κ1) is 20.4. The lowest BCUT2D eigenvalue weighted by molar-refractivity contribution is 0.0958. The van der Waals surface area contributed by atoms with E-state index in [0.717, 1.165) is 18.4 Å². The number of rotatable bonds is 4. The standard InChI is InChI=1S/C25H24FN9O3/c1-27-24(36)23-19-10-22(31-32-23)35(25-28-13-34(33-25)17-4-5-17)21-9-15(26)8-16(29-21)12-38-11-14-3-6-20(37-2)18(7-14)30-19/h3,6-10,13,17,30H,4-5,11-12H2,1-2H3,(H,27,36)/i1D3. The Hall–Kier alpha value is -4.65. The first-order valence-electron chi connectivity index (χ1n) is 13.3. The summed E-state index contributed by atoms with van der Waals surface area (Å²) < 4.78 is 50.3. The highest BCUT2D eigenvalue weighted by Gasteiger charge is 2.29. The fourth-order valence-corrected chi connectivity index (χ4v) is 4.10. The number of hydrogen-bond acceptors (Lipinski definition) is 10. The number of halogens is 1. The minimum atomic E-state index is -2.77.